The van der Waals surface area contributed by atoms with Crippen LogP contribution in [0.5, 0.6) is 0 Å². The molecule has 0 aliphatic rings. The van der Waals surface area contributed by atoms with Crippen molar-refractivity contribution in [1.82, 2.24) is 19.4 Å². The number of hydrogen-bond donors (Lipinski definition) is 1. The fourth-order valence-electron chi connectivity index (χ4n) is 1.62. The minimum absolute atomic E-state index is 0.0790. The van der Waals surface area contributed by atoms with Gasteiger partial charge in [0, 0.05) is 26.5 Å². The lowest BCUT2D eigenvalue weighted by Crippen LogP contribution is -2.27. The Morgan fingerprint density at radius 2 is 2.33 bits per heavy atom. The summed E-state index contributed by atoms with van der Waals surface area (Å²) in [6, 6.07) is 0. The molecule has 2 N–H and O–H groups in total. The van der Waals surface area contributed by atoms with Crippen molar-refractivity contribution in [2.24, 2.45) is 7.05 Å². The number of nitrogens with two attached hydrogens (primary N) is 1. The third-order valence-electron chi connectivity index (χ3n) is 2.65. The van der Waals surface area contributed by atoms with Gasteiger partial charge < -0.3 is 15.2 Å². The van der Waals surface area contributed by atoms with E-state index in [4.69, 9.17) is 5.73 Å². The highest BCUT2D eigenvalue weighted by atomic mass is 32.1. The maximum atomic E-state index is 12.2. The monoisotopic (exact) mass is 265 g/mol. The molecule has 0 aliphatic heterocycles. The molecule has 2 rings (SSSR count). The lowest BCUT2D eigenvalue weighted by molar-refractivity contribution is 0.0784. The summed E-state index contributed by atoms with van der Waals surface area (Å²) in [4.78, 5) is 22.7. The Bertz CT molecular complexity index is 574. The van der Waals surface area contributed by atoms with Crippen LogP contribution in [0.2, 0.25) is 0 Å². The Morgan fingerprint density at radius 1 is 1.61 bits per heavy atom. The van der Waals surface area contributed by atoms with Crippen LogP contribution < -0.4 is 5.73 Å². The fraction of sp³-hybridized carbons (Fsp3) is 0.364. The van der Waals surface area contributed by atoms with E-state index in [1.54, 1.807) is 25.1 Å². The third kappa shape index (κ3) is 2.35. The number of aryl methyl sites for hydroxylation is 2. The zero-order chi connectivity index (χ0) is 13.3. The van der Waals surface area contributed by atoms with E-state index in [0.717, 1.165) is 5.82 Å². The van der Waals surface area contributed by atoms with Gasteiger partial charge in [-0.2, -0.15) is 0 Å². The second-order valence-electron chi connectivity index (χ2n) is 4.08. The quantitative estimate of drug-likeness (QED) is 0.899. The Balaban J connectivity index is 2.14. The molecule has 0 radical (unpaired) electrons. The second-order valence-corrected chi connectivity index (χ2v) is 5.11. The predicted molar refractivity (Wildman–Crippen MR) is 70.3 cm³/mol. The molecule has 2 aromatic heterocycles. The summed E-state index contributed by atoms with van der Waals surface area (Å²) >= 11 is 1.22. The zero-order valence-electron chi connectivity index (χ0n) is 10.5. The number of amides is 1. The number of thiazole rings is 1. The van der Waals surface area contributed by atoms with Gasteiger partial charge in [0.05, 0.1) is 12.2 Å². The van der Waals surface area contributed by atoms with Gasteiger partial charge in [0.15, 0.2) is 5.13 Å². The standard InChI is InChI=1S/C11H15N5OS/c1-7-9(18-11(12)14-7)10(17)16(3)6-8-13-4-5-15(8)2/h4-5H,6H2,1-3H3,(H2,12,14). The van der Waals surface area contributed by atoms with Gasteiger partial charge in [-0.25, -0.2) is 9.97 Å². The van der Waals surface area contributed by atoms with Gasteiger partial charge in [-0.1, -0.05) is 11.3 Å². The van der Waals surface area contributed by atoms with Crippen LogP contribution in [-0.4, -0.2) is 32.4 Å². The van der Waals surface area contributed by atoms with E-state index in [1.165, 1.54) is 11.3 Å². The molecule has 18 heavy (non-hydrogen) atoms. The molecule has 0 atom stereocenters. The first-order valence-corrected chi connectivity index (χ1v) is 6.25. The molecule has 0 saturated heterocycles. The topological polar surface area (TPSA) is 77.0 Å². The van der Waals surface area contributed by atoms with Gasteiger partial charge in [-0.3, -0.25) is 4.79 Å². The maximum Gasteiger partial charge on any atom is 0.266 e. The van der Waals surface area contributed by atoms with Gasteiger partial charge in [-0.05, 0) is 6.92 Å². The molecule has 2 aromatic rings. The van der Waals surface area contributed by atoms with Crippen LogP contribution >= 0.6 is 11.3 Å². The van der Waals surface area contributed by atoms with Crippen LogP contribution in [0.25, 0.3) is 0 Å². The highest BCUT2D eigenvalue weighted by Gasteiger charge is 2.19. The SMILES string of the molecule is Cc1nc(N)sc1C(=O)N(C)Cc1nccn1C. The molecule has 0 bridgehead atoms. The van der Waals surface area contributed by atoms with Gasteiger partial charge in [0.2, 0.25) is 0 Å². The number of carbonyl (C=O) groups is 1. The average molecular weight is 265 g/mol. The highest BCUT2D eigenvalue weighted by molar-refractivity contribution is 7.17. The molecule has 0 aromatic carbocycles. The first-order chi connectivity index (χ1) is 8.49. The highest BCUT2D eigenvalue weighted by Crippen LogP contribution is 2.21. The first-order valence-electron chi connectivity index (χ1n) is 5.43. The van der Waals surface area contributed by atoms with E-state index in [1.807, 2.05) is 17.8 Å². The normalized spacial score (nSPS) is 10.6. The number of nitrogens with zero attached hydrogens (tertiary/aromatic N) is 4. The van der Waals surface area contributed by atoms with Crippen LogP contribution in [-0.2, 0) is 13.6 Å². The maximum absolute atomic E-state index is 12.2. The van der Waals surface area contributed by atoms with E-state index >= 15 is 0 Å². The van der Waals surface area contributed by atoms with Gasteiger partial charge in [0.1, 0.15) is 10.7 Å². The van der Waals surface area contributed by atoms with Crippen molar-refractivity contribution >= 4 is 22.4 Å². The van der Waals surface area contributed by atoms with Gasteiger partial charge in [-0.15, -0.1) is 0 Å². The van der Waals surface area contributed by atoms with Crippen molar-refractivity contribution in [2.45, 2.75) is 13.5 Å². The predicted octanol–water partition coefficient (Wildman–Crippen LogP) is 1.04. The second kappa shape index (κ2) is 4.77. The van der Waals surface area contributed by atoms with Crippen molar-refractivity contribution < 1.29 is 4.79 Å². The molecule has 0 fully saturated rings. The molecule has 6 nitrogen and oxygen atoms in total. The first kappa shape index (κ1) is 12.6. The van der Waals surface area contributed by atoms with E-state index < -0.39 is 0 Å². The molecule has 1 amide bonds. The fourth-order valence-corrected chi connectivity index (χ4v) is 2.45. The Morgan fingerprint density at radius 3 is 2.83 bits per heavy atom. The van der Waals surface area contributed by atoms with Gasteiger partial charge >= 0.3 is 0 Å². The van der Waals surface area contributed by atoms with E-state index in [-0.39, 0.29) is 5.91 Å². The van der Waals surface area contributed by atoms with Crippen molar-refractivity contribution in [3.05, 3.63) is 28.8 Å². The zero-order valence-corrected chi connectivity index (χ0v) is 11.4. The van der Waals surface area contributed by atoms with Crippen molar-refractivity contribution in [3.63, 3.8) is 0 Å². The summed E-state index contributed by atoms with van der Waals surface area (Å²) in [7, 11) is 3.64. The molecular weight excluding hydrogens is 250 g/mol. The van der Waals surface area contributed by atoms with Crippen LogP contribution in [0.3, 0.4) is 0 Å². The molecule has 96 valence electrons. The number of anilines is 1. The van der Waals surface area contributed by atoms with Crippen LogP contribution in [0.15, 0.2) is 12.4 Å². The lowest BCUT2D eigenvalue weighted by Gasteiger charge is -2.16. The summed E-state index contributed by atoms with van der Waals surface area (Å²) in [6.45, 7) is 2.24. The average Bonchev–Trinajstić information content (AvgIpc) is 2.85. The summed E-state index contributed by atoms with van der Waals surface area (Å²) < 4.78 is 1.89. The molecule has 0 aliphatic carbocycles. The van der Waals surface area contributed by atoms with Crippen molar-refractivity contribution in [2.75, 3.05) is 12.8 Å². The summed E-state index contributed by atoms with van der Waals surface area (Å²) in [6.07, 6.45) is 3.56. The summed E-state index contributed by atoms with van der Waals surface area (Å²) in [5, 5.41) is 0.418. The number of imidazole rings is 1. The molecule has 7 heteroatoms. The molecule has 0 saturated carbocycles. The number of hydrogen-bond acceptors (Lipinski definition) is 5. The van der Waals surface area contributed by atoms with Crippen LogP contribution in [0.1, 0.15) is 21.2 Å². The molecule has 0 unspecified atom stereocenters. The third-order valence-corrected chi connectivity index (χ3v) is 3.63. The Hall–Kier alpha value is -1.89. The van der Waals surface area contributed by atoms with E-state index in [9.17, 15) is 4.79 Å². The number of rotatable bonds is 3. The van der Waals surface area contributed by atoms with Crippen molar-refractivity contribution in [3.8, 4) is 0 Å². The van der Waals surface area contributed by atoms with E-state index in [2.05, 4.69) is 9.97 Å². The Labute approximate surface area is 109 Å². The summed E-state index contributed by atoms with van der Waals surface area (Å²) in [5.74, 6) is 0.755. The van der Waals surface area contributed by atoms with Crippen molar-refractivity contribution in [1.29, 1.82) is 0 Å². The van der Waals surface area contributed by atoms with Crippen LogP contribution in [0, 0.1) is 6.92 Å². The minimum atomic E-state index is -0.0790. The Kier molecular flexibility index (Phi) is 3.33. The number of carbonyl (C=O) groups excluding carboxylic acids is 1. The van der Waals surface area contributed by atoms with E-state index in [0.29, 0.717) is 22.2 Å². The number of aromatic nitrogens is 3. The molecule has 2 heterocycles. The number of nitrogen functional groups attached to an aromatic ring is 1. The minimum Gasteiger partial charge on any atom is -0.375 e. The lowest BCUT2D eigenvalue weighted by atomic mass is 10.3. The smallest absolute Gasteiger partial charge is 0.266 e. The van der Waals surface area contributed by atoms with Crippen LogP contribution in [0.4, 0.5) is 5.13 Å². The summed E-state index contributed by atoms with van der Waals surface area (Å²) in [5.41, 5.74) is 6.27. The molecular formula is C11H15N5OS. The largest absolute Gasteiger partial charge is 0.375 e. The van der Waals surface area contributed by atoms with Gasteiger partial charge in [0.25, 0.3) is 5.91 Å². The molecule has 0 spiro atoms.